The summed E-state index contributed by atoms with van der Waals surface area (Å²) in [7, 11) is 3.12. The average Bonchev–Trinajstić information content (AvgIpc) is 3.26. The first kappa shape index (κ1) is 31.7. The number of methoxy groups -OCH3 is 2. The number of carbonyl (C=O) groups is 2. The monoisotopic (exact) mass is 635 g/mol. The Bertz CT molecular complexity index is 1450. The summed E-state index contributed by atoms with van der Waals surface area (Å²) in [4.78, 5) is 35.3. The van der Waals surface area contributed by atoms with Crippen molar-refractivity contribution < 1.29 is 19.1 Å². The van der Waals surface area contributed by atoms with E-state index >= 15 is 0 Å². The number of hydrogen-bond donors (Lipinski definition) is 1. The lowest BCUT2D eigenvalue weighted by Crippen LogP contribution is -2.47. The van der Waals surface area contributed by atoms with Gasteiger partial charge in [-0.15, -0.1) is 0 Å². The van der Waals surface area contributed by atoms with E-state index in [0.29, 0.717) is 39.6 Å². The number of benzene rings is 3. The van der Waals surface area contributed by atoms with E-state index in [9.17, 15) is 9.59 Å². The summed E-state index contributed by atoms with van der Waals surface area (Å²) in [5.74, 6) is 0.669. The molecule has 11 heteroatoms. The second-order valence-corrected chi connectivity index (χ2v) is 11.7. The Kier molecular flexibility index (Phi) is 10.7. The van der Waals surface area contributed by atoms with Crippen LogP contribution in [0.5, 0.6) is 11.5 Å². The van der Waals surface area contributed by atoms with Gasteiger partial charge in [-0.3, -0.25) is 19.4 Å². The third kappa shape index (κ3) is 7.68. The molecule has 2 heterocycles. The molecule has 44 heavy (non-hydrogen) atoms. The van der Waals surface area contributed by atoms with Crippen molar-refractivity contribution in [3.8, 4) is 11.5 Å². The number of nitrogens with zero attached hydrogens (tertiary/aromatic N) is 4. The van der Waals surface area contributed by atoms with Crippen LogP contribution in [0, 0.1) is 0 Å². The topological polar surface area (TPSA) is 77.6 Å². The number of nitrogens with one attached hydrogen (secondary N) is 1. The summed E-state index contributed by atoms with van der Waals surface area (Å²) in [5, 5.41) is 3.64. The summed E-state index contributed by atoms with van der Waals surface area (Å²) in [5.41, 5.74) is 2.50. The van der Waals surface area contributed by atoms with Gasteiger partial charge >= 0.3 is 0 Å². The molecule has 9 nitrogen and oxygen atoms in total. The number of halogens is 1. The maximum Gasteiger partial charge on any atom is 0.256 e. The summed E-state index contributed by atoms with van der Waals surface area (Å²) in [6, 6.07) is 22.0. The van der Waals surface area contributed by atoms with Gasteiger partial charge in [0, 0.05) is 45.0 Å². The van der Waals surface area contributed by atoms with E-state index in [0.717, 1.165) is 45.7 Å². The van der Waals surface area contributed by atoms with Crippen LogP contribution in [0.2, 0.25) is 5.02 Å². The van der Waals surface area contributed by atoms with Gasteiger partial charge in [-0.05, 0) is 73.2 Å². The second-order valence-electron chi connectivity index (χ2n) is 10.9. The van der Waals surface area contributed by atoms with Crippen molar-refractivity contribution in [2.75, 3.05) is 63.7 Å². The summed E-state index contributed by atoms with van der Waals surface area (Å²) < 4.78 is 10.5. The van der Waals surface area contributed by atoms with E-state index in [1.807, 2.05) is 11.0 Å². The first-order valence-corrected chi connectivity index (χ1v) is 15.6. The highest BCUT2D eigenvalue weighted by atomic mass is 35.5. The largest absolute Gasteiger partial charge is 0.497 e. The van der Waals surface area contributed by atoms with E-state index < -0.39 is 6.04 Å². The minimum absolute atomic E-state index is 0.0381. The number of rotatable bonds is 12. The van der Waals surface area contributed by atoms with Crippen LogP contribution in [0.4, 0.5) is 11.4 Å². The molecule has 2 amide bonds. The van der Waals surface area contributed by atoms with E-state index in [4.69, 9.17) is 33.3 Å². The molecule has 0 spiro atoms. The molecule has 1 atom stereocenters. The van der Waals surface area contributed by atoms with Crippen LogP contribution in [0.3, 0.4) is 0 Å². The number of thiocarbonyl (C=S) groups is 1. The quantitative estimate of drug-likeness (QED) is 0.282. The Hall–Kier alpha value is -3.70. The first-order valence-electron chi connectivity index (χ1n) is 14.8. The fourth-order valence-corrected chi connectivity index (χ4v) is 6.32. The molecule has 0 unspecified atom stereocenters. The van der Waals surface area contributed by atoms with Gasteiger partial charge in [0.2, 0.25) is 5.91 Å². The highest BCUT2D eigenvalue weighted by Gasteiger charge is 2.44. The van der Waals surface area contributed by atoms with Crippen LogP contribution in [0.25, 0.3) is 0 Å². The molecule has 3 aromatic rings. The number of anilines is 2. The van der Waals surface area contributed by atoms with Crippen LogP contribution in [-0.2, 0) is 16.1 Å². The lowest BCUT2D eigenvalue weighted by atomic mass is 10.1. The zero-order chi connectivity index (χ0) is 31.1. The number of carbonyl (C=O) groups excluding carboxylic acids is 2. The Morgan fingerprint density at radius 1 is 0.932 bits per heavy atom. The number of hydrogen-bond acceptors (Lipinski definition) is 7. The average molecular weight is 636 g/mol. The normalized spacial score (nSPS) is 17.7. The van der Waals surface area contributed by atoms with Gasteiger partial charge in [0.05, 0.1) is 31.4 Å². The van der Waals surface area contributed by atoms with E-state index in [1.54, 1.807) is 49.6 Å². The molecular formula is C33H38ClN5O4S. The zero-order valence-electron chi connectivity index (χ0n) is 25.1. The van der Waals surface area contributed by atoms with E-state index in [2.05, 4.69) is 39.4 Å². The van der Waals surface area contributed by atoms with Gasteiger partial charge in [-0.25, -0.2) is 0 Å². The maximum absolute atomic E-state index is 13.8. The molecule has 3 aromatic carbocycles. The molecule has 2 aliphatic rings. The van der Waals surface area contributed by atoms with Gasteiger partial charge in [-0.1, -0.05) is 41.9 Å². The number of amides is 2. The summed E-state index contributed by atoms with van der Waals surface area (Å²) in [6.07, 6.45) is 0.767. The van der Waals surface area contributed by atoms with Crippen molar-refractivity contribution in [3.63, 3.8) is 0 Å². The van der Waals surface area contributed by atoms with Crippen molar-refractivity contribution in [1.82, 2.24) is 14.7 Å². The zero-order valence-corrected chi connectivity index (χ0v) is 26.7. The predicted molar refractivity (Wildman–Crippen MR) is 178 cm³/mol. The molecule has 232 valence electrons. The van der Waals surface area contributed by atoms with Gasteiger partial charge < -0.3 is 24.6 Å². The van der Waals surface area contributed by atoms with Crippen LogP contribution < -0.4 is 19.7 Å². The molecule has 0 aliphatic carbocycles. The van der Waals surface area contributed by atoms with Gasteiger partial charge in [-0.2, -0.15) is 0 Å². The Balaban J connectivity index is 1.23. The molecule has 1 N–H and O–H groups in total. The van der Waals surface area contributed by atoms with Gasteiger partial charge in [0.25, 0.3) is 5.91 Å². The highest BCUT2D eigenvalue weighted by Crippen LogP contribution is 2.33. The lowest BCUT2D eigenvalue weighted by molar-refractivity contribution is -0.124. The van der Waals surface area contributed by atoms with Crippen LogP contribution in [0.1, 0.15) is 18.4 Å². The Morgan fingerprint density at radius 2 is 1.64 bits per heavy atom. The number of ether oxygens (including phenoxy) is 2. The lowest BCUT2D eigenvalue weighted by Gasteiger charge is -2.35. The smallest absolute Gasteiger partial charge is 0.256 e. The molecular weight excluding hydrogens is 598 g/mol. The SMILES string of the molecule is COc1ccc(NC(=O)C[C@H]2C(=O)N(c3ccc(OC)c(Cl)c3)C(=S)N2CCCN2CCN(Cc3ccccc3)CC2)cc1. The molecule has 0 bridgehead atoms. The van der Waals surface area contributed by atoms with Crippen molar-refractivity contribution >= 4 is 52.1 Å². The number of piperazine rings is 1. The molecule has 0 radical (unpaired) electrons. The fraction of sp³-hybridized carbons (Fsp3) is 0.364. The van der Waals surface area contributed by atoms with E-state index in [1.165, 1.54) is 17.6 Å². The predicted octanol–water partition coefficient (Wildman–Crippen LogP) is 4.90. The van der Waals surface area contributed by atoms with Crippen LogP contribution in [-0.4, -0.2) is 91.2 Å². The molecule has 2 aliphatic heterocycles. The van der Waals surface area contributed by atoms with Crippen LogP contribution >= 0.6 is 23.8 Å². The molecule has 2 saturated heterocycles. The maximum atomic E-state index is 13.8. The molecule has 2 fully saturated rings. The first-order chi connectivity index (χ1) is 21.4. The molecule has 0 aromatic heterocycles. The third-order valence-electron chi connectivity index (χ3n) is 8.05. The van der Waals surface area contributed by atoms with Crippen molar-refractivity contribution in [2.45, 2.75) is 25.4 Å². The molecule has 0 saturated carbocycles. The van der Waals surface area contributed by atoms with Gasteiger partial charge in [0.1, 0.15) is 17.5 Å². The standard InChI is InChI=1S/C33H38ClN5O4S/c1-42-27-12-9-25(10-13-27)35-31(40)22-29-32(41)39(26-11-14-30(43-2)28(34)21-26)33(44)38(29)16-6-15-36-17-19-37(20-18-36)23-24-7-4-3-5-8-24/h3-5,7-14,21,29H,6,15-20,22-23H2,1-2H3,(H,35,40)/t29-/m0/s1. The minimum Gasteiger partial charge on any atom is -0.497 e. The minimum atomic E-state index is -0.732. The Labute approximate surface area is 269 Å². The Morgan fingerprint density at radius 3 is 2.30 bits per heavy atom. The second kappa shape index (κ2) is 14.9. The highest BCUT2D eigenvalue weighted by molar-refractivity contribution is 7.80. The van der Waals surface area contributed by atoms with Crippen molar-refractivity contribution in [1.29, 1.82) is 0 Å². The van der Waals surface area contributed by atoms with Crippen molar-refractivity contribution in [3.05, 3.63) is 83.4 Å². The van der Waals surface area contributed by atoms with Gasteiger partial charge in [0.15, 0.2) is 5.11 Å². The summed E-state index contributed by atoms with van der Waals surface area (Å²) >= 11 is 12.2. The summed E-state index contributed by atoms with van der Waals surface area (Å²) in [6.45, 7) is 6.39. The van der Waals surface area contributed by atoms with Crippen molar-refractivity contribution in [2.24, 2.45) is 0 Å². The van der Waals surface area contributed by atoms with Crippen LogP contribution in [0.15, 0.2) is 72.8 Å². The van der Waals surface area contributed by atoms with E-state index in [-0.39, 0.29) is 18.2 Å². The molecule has 5 rings (SSSR count). The fourth-order valence-electron chi connectivity index (χ4n) is 5.66. The third-order valence-corrected chi connectivity index (χ3v) is 8.76.